The molecule has 3 aromatic rings. The highest BCUT2D eigenvalue weighted by Crippen LogP contribution is 2.25. The van der Waals surface area contributed by atoms with Gasteiger partial charge in [-0.25, -0.2) is 13.4 Å². The molecule has 0 aliphatic carbocycles. The number of nitrogens with one attached hydrogen (secondary N) is 1. The maximum atomic E-state index is 12.8. The summed E-state index contributed by atoms with van der Waals surface area (Å²) < 4.78 is 30.0. The molecular formula is C20H22N4O4S. The van der Waals surface area contributed by atoms with E-state index in [2.05, 4.69) is 9.71 Å². The molecule has 2 N–H and O–H groups in total. The van der Waals surface area contributed by atoms with Crippen molar-refractivity contribution in [3.8, 4) is 0 Å². The average Bonchev–Trinajstić information content (AvgIpc) is 3.25. The van der Waals surface area contributed by atoms with Crippen molar-refractivity contribution in [3.63, 3.8) is 0 Å². The number of aliphatic hydroxyl groups excluding tert-OH is 1. The fourth-order valence-corrected chi connectivity index (χ4v) is 4.69. The topological polar surface area (TPSA) is 105 Å². The van der Waals surface area contributed by atoms with E-state index in [0.29, 0.717) is 36.4 Å². The molecule has 1 aliphatic heterocycles. The minimum atomic E-state index is -3.78. The summed E-state index contributed by atoms with van der Waals surface area (Å²) in [6.07, 6.45) is 1.34. The van der Waals surface area contributed by atoms with Gasteiger partial charge in [0, 0.05) is 25.2 Å². The van der Waals surface area contributed by atoms with Crippen molar-refractivity contribution >= 4 is 38.3 Å². The predicted molar refractivity (Wildman–Crippen MR) is 110 cm³/mol. The molecule has 1 saturated heterocycles. The number of hydrogen-bond donors (Lipinski definition) is 2. The Morgan fingerprint density at radius 2 is 1.93 bits per heavy atom. The summed E-state index contributed by atoms with van der Waals surface area (Å²) in [6, 6.07) is 11.4. The van der Waals surface area contributed by atoms with Crippen LogP contribution in [0.5, 0.6) is 0 Å². The largest absolute Gasteiger partial charge is 0.395 e. The Balaban J connectivity index is 1.57. The highest BCUT2D eigenvalue weighted by Gasteiger charge is 2.22. The van der Waals surface area contributed by atoms with Gasteiger partial charge in [0.05, 0.1) is 28.2 Å². The molecule has 0 bridgehead atoms. The lowest BCUT2D eigenvalue weighted by molar-refractivity contribution is -0.117. The van der Waals surface area contributed by atoms with Crippen LogP contribution in [0.25, 0.3) is 11.0 Å². The number of aliphatic hydroxyl groups is 1. The van der Waals surface area contributed by atoms with Gasteiger partial charge < -0.3 is 14.6 Å². The number of sulfonamides is 1. The van der Waals surface area contributed by atoms with E-state index in [9.17, 15) is 18.3 Å². The molecule has 8 nitrogen and oxygen atoms in total. The van der Waals surface area contributed by atoms with Gasteiger partial charge >= 0.3 is 0 Å². The first-order valence-electron chi connectivity index (χ1n) is 9.40. The Kier molecular flexibility index (Phi) is 5.01. The van der Waals surface area contributed by atoms with Crippen LogP contribution in [-0.4, -0.2) is 42.1 Å². The van der Waals surface area contributed by atoms with E-state index in [1.807, 2.05) is 11.5 Å². The van der Waals surface area contributed by atoms with E-state index in [4.69, 9.17) is 0 Å². The van der Waals surface area contributed by atoms with Crippen molar-refractivity contribution in [3.05, 3.63) is 48.3 Å². The summed E-state index contributed by atoms with van der Waals surface area (Å²) in [7, 11) is -3.78. The molecule has 152 valence electrons. The summed E-state index contributed by atoms with van der Waals surface area (Å²) in [5, 5.41) is 9.20. The smallest absolute Gasteiger partial charge is 0.261 e. The van der Waals surface area contributed by atoms with Crippen LogP contribution in [0, 0.1) is 6.92 Å². The number of fused-ring (bicyclic) bond motifs is 1. The van der Waals surface area contributed by atoms with Gasteiger partial charge in [-0.05, 0) is 55.8 Å². The molecule has 0 spiro atoms. The first-order valence-corrected chi connectivity index (χ1v) is 10.9. The molecule has 1 aliphatic rings. The van der Waals surface area contributed by atoms with Crippen molar-refractivity contribution in [2.24, 2.45) is 0 Å². The second kappa shape index (κ2) is 7.49. The number of anilines is 2. The second-order valence-electron chi connectivity index (χ2n) is 6.99. The Hall–Kier alpha value is -2.91. The number of rotatable bonds is 6. The Morgan fingerprint density at radius 1 is 1.17 bits per heavy atom. The molecule has 2 aromatic carbocycles. The monoisotopic (exact) mass is 414 g/mol. The summed E-state index contributed by atoms with van der Waals surface area (Å²) >= 11 is 0. The zero-order chi connectivity index (χ0) is 20.6. The molecule has 4 rings (SSSR count). The highest BCUT2D eigenvalue weighted by molar-refractivity contribution is 7.92. The SMILES string of the molecule is Cc1nc2cc(NS(=O)(=O)c3ccc(N4CCCC4=O)cc3)ccc2n1CCO. The molecule has 0 atom stereocenters. The van der Waals surface area contributed by atoms with E-state index < -0.39 is 10.0 Å². The second-order valence-corrected chi connectivity index (χ2v) is 8.67. The third kappa shape index (κ3) is 3.70. The van der Waals surface area contributed by atoms with Crippen LogP contribution in [0.3, 0.4) is 0 Å². The predicted octanol–water partition coefficient (Wildman–Crippen LogP) is 2.26. The lowest BCUT2D eigenvalue weighted by Crippen LogP contribution is -2.23. The number of amides is 1. The van der Waals surface area contributed by atoms with Crippen molar-refractivity contribution in [1.82, 2.24) is 9.55 Å². The Morgan fingerprint density at radius 3 is 2.59 bits per heavy atom. The zero-order valence-electron chi connectivity index (χ0n) is 16.0. The summed E-state index contributed by atoms with van der Waals surface area (Å²) in [5.41, 5.74) is 2.60. The quantitative estimate of drug-likeness (QED) is 0.644. The maximum Gasteiger partial charge on any atom is 0.261 e. The molecule has 1 fully saturated rings. The van der Waals surface area contributed by atoms with E-state index >= 15 is 0 Å². The fraction of sp³-hybridized carbons (Fsp3) is 0.300. The minimum Gasteiger partial charge on any atom is -0.395 e. The van der Waals surface area contributed by atoms with Gasteiger partial charge in [-0.1, -0.05) is 0 Å². The third-order valence-corrected chi connectivity index (χ3v) is 6.44. The number of carbonyl (C=O) groups excluding carboxylic acids is 1. The summed E-state index contributed by atoms with van der Waals surface area (Å²) in [5.74, 6) is 0.809. The van der Waals surface area contributed by atoms with Crippen LogP contribution >= 0.6 is 0 Å². The number of benzene rings is 2. The third-order valence-electron chi connectivity index (χ3n) is 5.05. The van der Waals surface area contributed by atoms with Gasteiger partial charge in [0.15, 0.2) is 0 Å². The Labute approximate surface area is 168 Å². The maximum absolute atomic E-state index is 12.8. The lowest BCUT2D eigenvalue weighted by Gasteiger charge is -2.16. The van der Waals surface area contributed by atoms with Crippen LogP contribution < -0.4 is 9.62 Å². The standard InChI is InChI=1S/C20H22N4O4S/c1-14-21-18-13-15(4-9-19(18)23(14)11-12-25)22-29(27,28)17-7-5-16(6-8-17)24-10-2-3-20(24)26/h4-9,13,22,25H,2-3,10-12H2,1H3. The molecular weight excluding hydrogens is 392 g/mol. The van der Waals surface area contributed by atoms with Gasteiger partial charge in [0.2, 0.25) is 5.91 Å². The van der Waals surface area contributed by atoms with E-state index in [0.717, 1.165) is 17.8 Å². The molecule has 0 saturated carbocycles. The van der Waals surface area contributed by atoms with Crippen LogP contribution in [0.1, 0.15) is 18.7 Å². The zero-order valence-corrected chi connectivity index (χ0v) is 16.8. The Bertz CT molecular complexity index is 1170. The van der Waals surface area contributed by atoms with Crippen LogP contribution in [0.4, 0.5) is 11.4 Å². The molecule has 9 heteroatoms. The van der Waals surface area contributed by atoms with Crippen LogP contribution in [0.2, 0.25) is 0 Å². The summed E-state index contributed by atoms with van der Waals surface area (Å²) in [4.78, 5) is 18.1. The number of aryl methyl sites for hydroxylation is 1. The normalized spacial score (nSPS) is 14.7. The molecule has 1 amide bonds. The lowest BCUT2D eigenvalue weighted by atomic mass is 10.3. The first-order chi connectivity index (χ1) is 13.9. The molecule has 2 heterocycles. The summed E-state index contributed by atoms with van der Waals surface area (Å²) in [6.45, 7) is 2.93. The first kappa shape index (κ1) is 19.4. The highest BCUT2D eigenvalue weighted by atomic mass is 32.2. The average molecular weight is 414 g/mol. The minimum absolute atomic E-state index is 0.000296. The van der Waals surface area contributed by atoms with Crippen molar-refractivity contribution in [2.75, 3.05) is 22.8 Å². The van der Waals surface area contributed by atoms with Gasteiger partial charge in [-0.3, -0.25) is 9.52 Å². The van der Waals surface area contributed by atoms with Crippen molar-refractivity contribution < 1.29 is 18.3 Å². The molecule has 0 radical (unpaired) electrons. The van der Waals surface area contributed by atoms with Crippen molar-refractivity contribution in [2.45, 2.75) is 31.2 Å². The number of aromatic nitrogens is 2. The molecule has 0 unspecified atom stereocenters. The number of hydrogen-bond acceptors (Lipinski definition) is 5. The number of nitrogens with zero attached hydrogens (tertiary/aromatic N) is 3. The van der Waals surface area contributed by atoms with E-state index in [-0.39, 0.29) is 17.4 Å². The van der Waals surface area contributed by atoms with Gasteiger partial charge in [-0.15, -0.1) is 0 Å². The van der Waals surface area contributed by atoms with Crippen molar-refractivity contribution in [1.29, 1.82) is 0 Å². The number of carbonyl (C=O) groups is 1. The van der Waals surface area contributed by atoms with E-state index in [1.165, 1.54) is 12.1 Å². The van der Waals surface area contributed by atoms with Gasteiger partial charge in [-0.2, -0.15) is 0 Å². The molecule has 1 aromatic heterocycles. The van der Waals surface area contributed by atoms with Crippen LogP contribution in [0.15, 0.2) is 47.4 Å². The fourth-order valence-electron chi connectivity index (χ4n) is 3.64. The van der Waals surface area contributed by atoms with Gasteiger partial charge in [0.25, 0.3) is 10.0 Å². The molecule has 29 heavy (non-hydrogen) atoms. The van der Waals surface area contributed by atoms with Gasteiger partial charge in [0.1, 0.15) is 5.82 Å². The van der Waals surface area contributed by atoms with Crippen LogP contribution in [-0.2, 0) is 21.4 Å². The van der Waals surface area contributed by atoms with E-state index in [1.54, 1.807) is 35.2 Å². The number of imidazole rings is 1.